The number of rotatable bonds is 9. The molecule has 4 rings (SSSR count). The molecule has 2 aliphatic heterocycles. The van der Waals surface area contributed by atoms with Crippen LogP contribution in [0.15, 0.2) is 36.4 Å². The SMILES string of the molecule is CCN1CCN(c2cccc3c2C(O)N([C@H](CCCO)c2ccc(OC)c(OC)c2)C3=O)CC1. The maximum absolute atomic E-state index is 13.6. The van der Waals surface area contributed by atoms with Gasteiger partial charge in [0.1, 0.15) is 0 Å². The number of aliphatic hydroxyl groups is 2. The molecule has 184 valence electrons. The first-order valence-corrected chi connectivity index (χ1v) is 12.0. The number of likely N-dealkylation sites (N-methyl/N-ethyl adjacent to an activating group) is 1. The van der Waals surface area contributed by atoms with Gasteiger partial charge in [0.15, 0.2) is 17.7 Å². The molecule has 8 nitrogen and oxygen atoms in total. The molecule has 2 aliphatic rings. The van der Waals surface area contributed by atoms with E-state index in [1.165, 1.54) is 0 Å². The fourth-order valence-electron chi connectivity index (χ4n) is 5.10. The van der Waals surface area contributed by atoms with Gasteiger partial charge >= 0.3 is 0 Å². The summed E-state index contributed by atoms with van der Waals surface area (Å²) in [6, 6.07) is 10.8. The third-order valence-corrected chi connectivity index (χ3v) is 6.99. The molecule has 0 saturated carbocycles. The van der Waals surface area contributed by atoms with Crippen LogP contribution in [0.25, 0.3) is 0 Å². The number of fused-ring (bicyclic) bond motifs is 1. The molecule has 2 aromatic carbocycles. The zero-order valence-electron chi connectivity index (χ0n) is 20.2. The third kappa shape index (κ3) is 4.45. The highest BCUT2D eigenvalue weighted by Gasteiger charge is 2.42. The van der Waals surface area contributed by atoms with Crippen molar-refractivity contribution in [1.82, 2.24) is 9.80 Å². The second-order valence-electron chi connectivity index (χ2n) is 8.74. The van der Waals surface area contributed by atoms with Crippen molar-refractivity contribution in [2.24, 2.45) is 0 Å². The van der Waals surface area contributed by atoms with E-state index in [0.717, 1.165) is 44.0 Å². The van der Waals surface area contributed by atoms with Crippen LogP contribution in [0.5, 0.6) is 11.5 Å². The van der Waals surface area contributed by atoms with Gasteiger partial charge in [0, 0.05) is 49.6 Å². The van der Waals surface area contributed by atoms with Gasteiger partial charge in [0.2, 0.25) is 0 Å². The Morgan fingerprint density at radius 3 is 2.44 bits per heavy atom. The van der Waals surface area contributed by atoms with Crippen molar-refractivity contribution in [3.8, 4) is 11.5 Å². The van der Waals surface area contributed by atoms with Gasteiger partial charge < -0.3 is 34.4 Å². The molecule has 2 atom stereocenters. The number of anilines is 1. The number of aliphatic hydroxyl groups excluding tert-OH is 2. The Morgan fingerprint density at radius 1 is 1.06 bits per heavy atom. The fourth-order valence-corrected chi connectivity index (χ4v) is 5.10. The minimum Gasteiger partial charge on any atom is -0.493 e. The second-order valence-corrected chi connectivity index (χ2v) is 8.74. The Hall–Kier alpha value is -2.81. The number of methoxy groups -OCH3 is 2. The maximum atomic E-state index is 13.6. The van der Waals surface area contributed by atoms with Crippen molar-refractivity contribution < 1.29 is 24.5 Å². The smallest absolute Gasteiger partial charge is 0.257 e. The summed E-state index contributed by atoms with van der Waals surface area (Å²) < 4.78 is 10.8. The summed E-state index contributed by atoms with van der Waals surface area (Å²) in [6.07, 6.45) is -0.0648. The Bertz CT molecular complexity index is 1010. The average Bonchev–Trinajstić information content (AvgIpc) is 3.14. The van der Waals surface area contributed by atoms with Crippen molar-refractivity contribution >= 4 is 11.6 Å². The van der Waals surface area contributed by atoms with Crippen LogP contribution in [0.2, 0.25) is 0 Å². The largest absolute Gasteiger partial charge is 0.493 e. The Labute approximate surface area is 201 Å². The lowest BCUT2D eigenvalue weighted by molar-refractivity contribution is -0.00681. The number of piperazine rings is 1. The topological polar surface area (TPSA) is 85.7 Å². The monoisotopic (exact) mass is 469 g/mol. The van der Waals surface area contributed by atoms with E-state index in [1.807, 2.05) is 24.3 Å². The standard InChI is InChI=1S/C26H35N3O5/c1-4-27-12-14-28(15-13-27)21-8-5-7-19-24(21)26(32)29(25(19)31)20(9-6-16-30)18-10-11-22(33-2)23(17-18)34-3/h5,7-8,10-11,17,20,26,30,32H,4,6,9,12-16H2,1-3H3/t20-,26?/m1/s1. The summed E-state index contributed by atoms with van der Waals surface area (Å²) >= 11 is 0. The molecule has 1 amide bonds. The predicted molar refractivity (Wildman–Crippen MR) is 131 cm³/mol. The van der Waals surface area contributed by atoms with E-state index in [1.54, 1.807) is 31.3 Å². The van der Waals surface area contributed by atoms with Gasteiger partial charge in [-0.15, -0.1) is 0 Å². The normalized spacial score (nSPS) is 19.3. The minimum absolute atomic E-state index is 0.00181. The first-order chi connectivity index (χ1) is 16.5. The summed E-state index contributed by atoms with van der Waals surface area (Å²) in [7, 11) is 3.15. The minimum atomic E-state index is -1.07. The first-order valence-electron chi connectivity index (χ1n) is 12.0. The molecule has 2 heterocycles. The number of carbonyl (C=O) groups excluding carboxylic acids is 1. The van der Waals surface area contributed by atoms with Gasteiger partial charge in [-0.05, 0) is 49.2 Å². The quantitative estimate of drug-likeness (QED) is 0.584. The van der Waals surface area contributed by atoms with Crippen LogP contribution in [0.1, 0.15) is 53.5 Å². The summed E-state index contributed by atoms with van der Waals surface area (Å²) in [4.78, 5) is 19.8. The lowest BCUT2D eigenvalue weighted by atomic mass is 9.99. The first kappa shape index (κ1) is 24.3. The van der Waals surface area contributed by atoms with E-state index in [-0.39, 0.29) is 12.5 Å². The molecule has 8 heteroatoms. The van der Waals surface area contributed by atoms with Gasteiger partial charge in [-0.3, -0.25) is 4.79 Å². The highest BCUT2D eigenvalue weighted by molar-refractivity contribution is 6.01. The van der Waals surface area contributed by atoms with Gasteiger partial charge in [-0.25, -0.2) is 0 Å². The number of nitrogens with zero attached hydrogens (tertiary/aromatic N) is 3. The van der Waals surface area contributed by atoms with E-state index in [0.29, 0.717) is 35.5 Å². The van der Waals surface area contributed by atoms with Gasteiger partial charge in [-0.2, -0.15) is 0 Å². The molecule has 34 heavy (non-hydrogen) atoms. The summed E-state index contributed by atoms with van der Waals surface area (Å²) in [5.74, 6) is 0.952. The molecule has 1 saturated heterocycles. The number of hydrogen-bond acceptors (Lipinski definition) is 7. The Balaban J connectivity index is 1.69. The molecule has 1 fully saturated rings. The van der Waals surface area contributed by atoms with E-state index in [9.17, 15) is 15.0 Å². The predicted octanol–water partition coefficient (Wildman–Crippen LogP) is 2.81. The van der Waals surface area contributed by atoms with Crippen molar-refractivity contribution in [1.29, 1.82) is 0 Å². The average molecular weight is 470 g/mol. The number of benzene rings is 2. The van der Waals surface area contributed by atoms with Gasteiger partial charge in [0.25, 0.3) is 5.91 Å². The maximum Gasteiger partial charge on any atom is 0.257 e. The molecular formula is C26H35N3O5. The molecule has 2 N–H and O–H groups in total. The Morgan fingerprint density at radius 2 is 1.79 bits per heavy atom. The molecule has 0 radical (unpaired) electrons. The molecule has 0 spiro atoms. The van der Waals surface area contributed by atoms with Crippen LogP contribution in [0.3, 0.4) is 0 Å². The summed E-state index contributed by atoms with van der Waals surface area (Å²) in [6.45, 7) is 6.81. The van der Waals surface area contributed by atoms with Crippen molar-refractivity contribution in [3.05, 3.63) is 53.1 Å². The molecular weight excluding hydrogens is 434 g/mol. The van der Waals surface area contributed by atoms with Crippen LogP contribution < -0.4 is 14.4 Å². The van der Waals surface area contributed by atoms with Crippen molar-refractivity contribution in [3.63, 3.8) is 0 Å². The summed E-state index contributed by atoms with van der Waals surface area (Å²) in [5, 5.41) is 21.1. The molecule has 0 aliphatic carbocycles. The fraction of sp³-hybridized carbons (Fsp3) is 0.500. The lowest BCUT2D eigenvalue weighted by Crippen LogP contribution is -2.46. The second kappa shape index (κ2) is 10.6. The molecule has 2 aromatic rings. The van der Waals surface area contributed by atoms with E-state index in [2.05, 4.69) is 16.7 Å². The zero-order valence-corrected chi connectivity index (χ0v) is 20.2. The highest BCUT2D eigenvalue weighted by atomic mass is 16.5. The number of hydrogen-bond donors (Lipinski definition) is 2. The van der Waals surface area contributed by atoms with Crippen LogP contribution in [-0.4, -0.2) is 79.5 Å². The van der Waals surface area contributed by atoms with Crippen LogP contribution >= 0.6 is 0 Å². The Kier molecular flexibility index (Phi) is 7.60. The van der Waals surface area contributed by atoms with Crippen LogP contribution in [-0.2, 0) is 0 Å². The summed E-state index contributed by atoms with van der Waals surface area (Å²) in [5.41, 5.74) is 2.96. The van der Waals surface area contributed by atoms with E-state index < -0.39 is 12.3 Å². The third-order valence-electron chi connectivity index (χ3n) is 6.99. The van der Waals surface area contributed by atoms with Crippen molar-refractivity contribution in [2.75, 3.05) is 58.5 Å². The number of carbonyl (C=O) groups is 1. The van der Waals surface area contributed by atoms with Gasteiger partial charge in [0.05, 0.1) is 20.3 Å². The molecule has 1 unspecified atom stereocenters. The van der Waals surface area contributed by atoms with E-state index in [4.69, 9.17) is 9.47 Å². The number of amides is 1. The van der Waals surface area contributed by atoms with Crippen LogP contribution in [0.4, 0.5) is 5.69 Å². The number of ether oxygens (including phenoxy) is 2. The highest BCUT2D eigenvalue weighted by Crippen LogP contribution is 2.45. The lowest BCUT2D eigenvalue weighted by Gasteiger charge is -2.37. The van der Waals surface area contributed by atoms with Gasteiger partial charge in [-0.1, -0.05) is 19.1 Å². The molecule has 0 bridgehead atoms. The molecule has 0 aromatic heterocycles. The zero-order chi connectivity index (χ0) is 24.2. The van der Waals surface area contributed by atoms with E-state index >= 15 is 0 Å². The van der Waals surface area contributed by atoms with Crippen LogP contribution in [0, 0.1) is 0 Å². The van der Waals surface area contributed by atoms with Crippen molar-refractivity contribution in [2.45, 2.75) is 32.0 Å².